The van der Waals surface area contributed by atoms with E-state index in [9.17, 15) is 26.4 Å². The van der Waals surface area contributed by atoms with Crippen molar-refractivity contribution in [2.75, 3.05) is 14.2 Å². The van der Waals surface area contributed by atoms with Crippen molar-refractivity contribution in [3.05, 3.63) is 71.8 Å². The van der Waals surface area contributed by atoms with Crippen molar-refractivity contribution in [3.63, 3.8) is 0 Å². The van der Waals surface area contributed by atoms with E-state index >= 15 is 0 Å². The number of nitrogens with zero attached hydrogens (tertiary/aromatic N) is 1. The maximum Gasteiger partial charge on any atom is 0.536 e. The number of ketones is 1. The Kier molecular flexibility index (Phi) is 6.40. The summed E-state index contributed by atoms with van der Waals surface area (Å²) in [7, 11) is -3.21. The molecule has 3 aromatic carbocycles. The van der Waals surface area contributed by atoms with E-state index in [1.165, 1.54) is 50.6 Å². The molecule has 0 fully saturated rings. The van der Waals surface area contributed by atoms with E-state index in [-0.39, 0.29) is 11.1 Å². The standard InChI is InChI=1S/C21H16F3NO6S/c1-29-16-10-6-9-14-15(11-12-17(30-2)18(14)16)20(26)19(13-7-4-3-5-8-13)25-31-32(27,28)21(22,23)24/h3-12H,1-2H3/b25-19+. The topological polar surface area (TPSA) is 91.3 Å². The molecule has 32 heavy (non-hydrogen) atoms. The number of alkyl halides is 3. The van der Waals surface area contributed by atoms with Gasteiger partial charge in [0, 0.05) is 16.5 Å². The molecular formula is C21H16F3NO6S. The summed E-state index contributed by atoms with van der Waals surface area (Å²) in [5.41, 5.74) is -6.26. The monoisotopic (exact) mass is 467 g/mol. The van der Waals surface area contributed by atoms with Crippen LogP contribution in [0, 0.1) is 0 Å². The molecule has 7 nitrogen and oxygen atoms in total. The highest BCUT2D eigenvalue weighted by atomic mass is 32.2. The molecule has 3 rings (SSSR count). The molecule has 11 heteroatoms. The maximum atomic E-state index is 13.4. The van der Waals surface area contributed by atoms with Crippen LogP contribution in [0.15, 0.2) is 65.8 Å². The Morgan fingerprint density at radius 2 is 1.50 bits per heavy atom. The SMILES string of the molecule is COc1cccc2c(C(=O)/C(=N/OS(=O)(=O)C(F)(F)F)c3ccccc3)ccc(OC)c12. The number of ether oxygens (including phenoxy) is 2. The zero-order valence-corrected chi connectivity index (χ0v) is 17.5. The number of Topliss-reactive ketones (excluding diaryl/α,β-unsaturated/α-hetero) is 1. The fraction of sp³-hybridized carbons (Fsp3) is 0.143. The van der Waals surface area contributed by atoms with Gasteiger partial charge in [0.1, 0.15) is 11.5 Å². The van der Waals surface area contributed by atoms with Gasteiger partial charge in [-0.25, -0.2) is 0 Å². The molecule has 0 aliphatic heterocycles. The van der Waals surface area contributed by atoms with Gasteiger partial charge < -0.3 is 9.47 Å². The molecule has 3 aromatic rings. The predicted octanol–water partition coefficient (Wildman–Crippen LogP) is 4.31. The molecule has 0 N–H and O–H groups in total. The zero-order valence-electron chi connectivity index (χ0n) is 16.7. The highest BCUT2D eigenvalue weighted by Crippen LogP contribution is 2.36. The summed E-state index contributed by atoms with van der Waals surface area (Å²) in [6.07, 6.45) is 0. The molecule has 0 radical (unpaired) electrons. The number of rotatable bonds is 7. The summed E-state index contributed by atoms with van der Waals surface area (Å²) in [5, 5.41) is 3.90. The van der Waals surface area contributed by atoms with E-state index < -0.39 is 27.1 Å². The van der Waals surface area contributed by atoms with Crippen LogP contribution in [0.4, 0.5) is 13.2 Å². The number of methoxy groups -OCH3 is 2. The summed E-state index contributed by atoms with van der Waals surface area (Å²) >= 11 is 0. The van der Waals surface area contributed by atoms with Gasteiger partial charge in [0.05, 0.1) is 19.6 Å². The lowest BCUT2D eigenvalue weighted by atomic mass is 9.95. The lowest BCUT2D eigenvalue weighted by Gasteiger charge is -2.14. The average molecular weight is 467 g/mol. The molecule has 0 saturated heterocycles. The minimum absolute atomic E-state index is 0.0234. The largest absolute Gasteiger partial charge is 0.536 e. The lowest BCUT2D eigenvalue weighted by Crippen LogP contribution is -2.25. The van der Waals surface area contributed by atoms with E-state index in [4.69, 9.17) is 9.47 Å². The normalized spacial score (nSPS) is 12.5. The van der Waals surface area contributed by atoms with Crippen LogP contribution in [0.1, 0.15) is 15.9 Å². The molecule has 0 spiro atoms. The highest BCUT2D eigenvalue weighted by Gasteiger charge is 2.49. The van der Waals surface area contributed by atoms with E-state index in [0.717, 1.165) is 0 Å². The first-order chi connectivity index (χ1) is 15.1. The van der Waals surface area contributed by atoms with Crippen LogP contribution in [0.5, 0.6) is 11.5 Å². The predicted molar refractivity (Wildman–Crippen MR) is 110 cm³/mol. The van der Waals surface area contributed by atoms with E-state index in [2.05, 4.69) is 9.44 Å². The fourth-order valence-corrected chi connectivity index (χ4v) is 3.21. The van der Waals surface area contributed by atoms with Crippen LogP contribution in [-0.4, -0.2) is 39.6 Å². The summed E-state index contributed by atoms with van der Waals surface area (Å²) < 4.78 is 75.2. The second-order valence-electron chi connectivity index (χ2n) is 6.31. The molecule has 0 amide bonds. The minimum atomic E-state index is -6.06. The van der Waals surface area contributed by atoms with Crippen LogP contribution in [0.25, 0.3) is 10.8 Å². The zero-order chi connectivity index (χ0) is 23.5. The van der Waals surface area contributed by atoms with Crippen molar-refractivity contribution in [3.8, 4) is 11.5 Å². The molecule has 0 atom stereocenters. The van der Waals surface area contributed by atoms with Gasteiger partial charge in [-0.2, -0.15) is 21.6 Å². The van der Waals surface area contributed by atoms with Gasteiger partial charge in [-0.15, -0.1) is 0 Å². The highest BCUT2D eigenvalue weighted by molar-refractivity contribution is 7.87. The van der Waals surface area contributed by atoms with Crippen LogP contribution in [-0.2, 0) is 14.4 Å². The van der Waals surface area contributed by atoms with Crippen molar-refractivity contribution in [1.82, 2.24) is 0 Å². The van der Waals surface area contributed by atoms with Gasteiger partial charge in [0.2, 0.25) is 5.78 Å². The molecule has 0 unspecified atom stereocenters. The Balaban J connectivity index is 2.21. The minimum Gasteiger partial charge on any atom is -0.496 e. The molecule has 0 heterocycles. The van der Waals surface area contributed by atoms with Crippen molar-refractivity contribution in [2.45, 2.75) is 5.51 Å². The van der Waals surface area contributed by atoms with Gasteiger partial charge in [-0.1, -0.05) is 47.6 Å². The Bertz CT molecular complexity index is 1280. The first-order valence-corrected chi connectivity index (χ1v) is 10.3. The second kappa shape index (κ2) is 8.87. The van der Waals surface area contributed by atoms with Crippen molar-refractivity contribution in [1.29, 1.82) is 0 Å². The van der Waals surface area contributed by atoms with Gasteiger partial charge in [-0.3, -0.25) is 9.08 Å². The molecular weight excluding hydrogens is 451 g/mol. The quantitative estimate of drug-likeness (QED) is 0.223. The number of hydrogen-bond acceptors (Lipinski definition) is 7. The molecule has 0 aliphatic rings. The van der Waals surface area contributed by atoms with Crippen LogP contribution < -0.4 is 9.47 Å². The van der Waals surface area contributed by atoms with Gasteiger partial charge in [-0.05, 0) is 18.2 Å². The van der Waals surface area contributed by atoms with Crippen LogP contribution in [0.3, 0.4) is 0 Å². The van der Waals surface area contributed by atoms with Gasteiger partial charge in [0.25, 0.3) is 0 Å². The van der Waals surface area contributed by atoms with E-state index in [0.29, 0.717) is 22.3 Å². The van der Waals surface area contributed by atoms with E-state index in [1.54, 1.807) is 24.3 Å². The fourth-order valence-electron chi connectivity index (χ4n) is 2.96. The first kappa shape index (κ1) is 23.1. The Morgan fingerprint density at radius 3 is 2.09 bits per heavy atom. The lowest BCUT2D eigenvalue weighted by molar-refractivity contribution is -0.0540. The average Bonchev–Trinajstić information content (AvgIpc) is 2.77. The summed E-state index contributed by atoms with van der Waals surface area (Å²) in [6, 6.07) is 15.1. The number of hydrogen-bond donors (Lipinski definition) is 0. The summed E-state index contributed by atoms with van der Waals surface area (Å²) in [6.45, 7) is 0. The Labute approximate surface area is 181 Å². The Morgan fingerprint density at radius 1 is 0.875 bits per heavy atom. The van der Waals surface area contributed by atoms with Crippen molar-refractivity contribution < 1.29 is 40.1 Å². The molecule has 0 bridgehead atoms. The second-order valence-corrected chi connectivity index (χ2v) is 7.83. The van der Waals surface area contributed by atoms with Crippen molar-refractivity contribution in [2.24, 2.45) is 5.16 Å². The number of carbonyl (C=O) groups excluding carboxylic acids is 1. The molecule has 0 saturated carbocycles. The Hall–Kier alpha value is -3.60. The number of oxime groups is 1. The summed E-state index contributed by atoms with van der Waals surface area (Å²) in [5.74, 6) is -0.0827. The van der Waals surface area contributed by atoms with Crippen molar-refractivity contribution >= 4 is 32.4 Å². The molecule has 168 valence electrons. The third-order valence-corrected chi connectivity index (χ3v) is 5.26. The molecule has 0 aliphatic carbocycles. The number of carbonyl (C=O) groups is 1. The van der Waals surface area contributed by atoms with Gasteiger partial charge in [0.15, 0.2) is 5.71 Å². The molecule has 0 aromatic heterocycles. The first-order valence-electron chi connectivity index (χ1n) is 8.92. The number of fused-ring (bicyclic) bond motifs is 1. The number of benzene rings is 3. The van der Waals surface area contributed by atoms with E-state index in [1.807, 2.05) is 0 Å². The number of halogens is 3. The maximum absolute atomic E-state index is 13.4. The van der Waals surface area contributed by atoms with Crippen LogP contribution >= 0.6 is 0 Å². The van der Waals surface area contributed by atoms with Gasteiger partial charge >= 0.3 is 15.6 Å². The third-order valence-electron chi connectivity index (χ3n) is 4.42. The third kappa shape index (κ3) is 4.37. The van der Waals surface area contributed by atoms with Crippen LogP contribution in [0.2, 0.25) is 0 Å². The smallest absolute Gasteiger partial charge is 0.496 e. The summed E-state index contributed by atoms with van der Waals surface area (Å²) in [4.78, 5) is 13.4.